The second kappa shape index (κ2) is 35.0. The van der Waals surface area contributed by atoms with Crippen LogP contribution in [-0.2, 0) is 10.8 Å². The van der Waals surface area contributed by atoms with E-state index in [2.05, 4.69) is 545 Å². The molecule has 0 aliphatic heterocycles. The lowest BCUT2D eigenvalue weighted by Gasteiger charge is -2.30. The van der Waals surface area contributed by atoms with Gasteiger partial charge in [0.1, 0.15) is 22.3 Å². The van der Waals surface area contributed by atoms with Crippen molar-refractivity contribution < 1.29 is 8.83 Å². The molecule has 698 valence electrons. The highest BCUT2D eigenvalue weighted by molar-refractivity contribution is 6.28. The molecule has 27 aromatic rings. The Bertz CT molecular complexity index is 9870. The van der Waals surface area contributed by atoms with Gasteiger partial charge in [0, 0.05) is 100 Å². The van der Waals surface area contributed by atoms with Crippen LogP contribution in [0.5, 0.6) is 0 Å². The van der Waals surface area contributed by atoms with Crippen LogP contribution in [0.15, 0.2) is 531 Å². The monoisotopic (exact) mass is 1890 g/mol. The van der Waals surface area contributed by atoms with E-state index in [9.17, 15) is 0 Å². The molecular formula is C142H98N4O2. The van der Waals surface area contributed by atoms with E-state index in [-0.39, 0.29) is 10.8 Å². The molecule has 2 aliphatic rings. The Morgan fingerprint density at radius 1 is 0.142 bits per heavy atom. The summed E-state index contributed by atoms with van der Waals surface area (Å²) >= 11 is 0. The molecule has 0 N–H and O–H groups in total. The summed E-state index contributed by atoms with van der Waals surface area (Å²) in [6, 6.07) is 191. The zero-order chi connectivity index (χ0) is 98.4. The quantitative estimate of drug-likeness (QED) is 0.0898. The molecule has 0 saturated carbocycles. The van der Waals surface area contributed by atoms with Crippen molar-refractivity contribution in [3.05, 3.63) is 544 Å². The summed E-state index contributed by atoms with van der Waals surface area (Å²) in [5.41, 5.74) is 36.3. The topological polar surface area (TPSA) is 39.2 Å². The van der Waals surface area contributed by atoms with Gasteiger partial charge in [0.2, 0.25) is 0 Å². The van der Waals surface area contributed by atoms with E-state index in [4.69, 9.17) is 8.83 Å². The smallest absolute Gasteiger partial charge is 0.135 e. The average molecular weight is 1890 g/mol. The second-order valence-corrected chi connectivity index (χ2v) is 40.5. The number of nitrogens with zero attached hydrogens (tertiary/aromatic N) is 4. The minimum absolute atomic E-state index is 0.270. The van der Waals surface area contributed by atoms with Crippen molar-refractivity contribution in [1.82, 2.24) is 0 Å². The molecule has 0 saturated heterocycles. The van der Waals surface area contributed by atoms with Gasteiger partial charge in [0.15, 0.2) is 0 Å². The number of para-hydroxylation sites is 5. The van der Waals surface area contributed by atoms with Gasteiger partial charge in [-0.3, -0.25) is 0 Å². The van der Waals surface area contributed by atoms with Crippen molar-refractivity contribution in [2.75, 3.05) is 19.6 Å². The van der Waals surface area contributed by atoms with E-state index in [1.807, 2.05) is 24.3 Å². The highest BCUT2D eigenvalue weighted by Gasteiger charge is 2.40. The molecule has 29 rings (SSSR count). The minimum atomic E-state index is -0.296. The Kier molecular flexibility index (Phi) is 20.6. The molecule has 2 aromatic heterocycles. The summed E-state index contributed by atoms with van der Waals surface area (Å²) < 4.78 is 12.3. The number of furan rings is 2. The summed E-state index contributed by atoms with van der Waals surface area (Å²) in [5, 5.41) is 22.1. The van der Waals surface area contributed by atoms with E-state index in [1.54, 1.807) is 0 Å². The van der Waals surface area contributed by atoms with Crippen LogP contribution in [0.3, 0.4) is 0 Å². The first-order valence-electron chi connectivity index (χ1n) is 51.2. The summed E-state index contributed by atoms with van der Waals surface area (Å²) in [6.45, 7) is 9.56. The molecule has 0 atom stereocenters. The fourth-order valence-electron chi connectivity index (χ4n) is 24.1. The summed E-state index contributed by atoms with van der Waals surface area (Å²) in [5.74, 6) is 0. The van der Waals surface area contributed by atoms with Gasteiger partial charge in [0.05, 0.1) is 5.69 Å². The van der Waals surface area contributed by atoms with Crippen LogP contribution in [0, 0.1) is 0 Å². The fraction of sp³-hybridized carbons (Fsp3) is 0.0423. The third kappa shape index (κ3) is 14.6. The number of benzene rings is 25. The van der Waals surface area contributed by atoms with Crippen molar-refractivity contribution in [3.63, 3.8) is 0 Å². The number of hydrogen-bond acceptors (Lipinski definition) is 6. The van der Waals surface area contributed by atoms with Crippen molar-refractivity contribution in [2.24, 2.45) is 0 Å². The Balaban J connectivity index is 0.000000143. The number of rotatable bonds is 16. The molecule has 6 nitrogen and oxygen atoms in total. The molecular weight excluding hydrogens is 1790 g/mol. The van der Waals surface area contributed by atoms with Crippen LogP contribution in [-0.4, -0.2) is 0 Å². The molecule has 0 spiro atoms. The van der Waals surface area contributed by atoms with Gasteiger partial charge in [-0.2, -0.15) is 0 Å². The molecule has 0 radical (unpaired) electrons. The van der Waals surface area contributed by atoms with Crippen molar-refractivity contribution in [1.29, 1.82) is 0 Å². The lowest BCUT2D eigenvalue weighted by molar-refractivity contribution is 0.660. The van der Waals surface area contributed by atoms with Crippen LogP contribution < -0.4 is 19.6 Å². The Morgan fingerprint density at radius 3 is 0.730 bits per heavy atom. The summed E-state index contributed by atoms with van der Waals surface area (Å²) in [6.07, 6.45) is 0. The van der Waals surface area contributed by atoms with E-state index in [0.29, 0.717) is 0 Å². The molecule has 2 aliphatic carbocycles. The maximum absolute atomic E-state index is 6.14. The molecule has 0 unspecified atom stereocenters. The highest BCUT2D eigenvalue weighted by atomic mass is 16.3. The van der Waals surface area contributed by atoms with E-state index >= 15 is 0 Å². The van der Waals surface area contributed by atoms with Gasteiger partial charge in [-0.15, -0.1) is 0 Å². The number of anilines is 12. The van der Waals surface area contributed by atoms with Gasteiger partial charge in [-0.1, -0.05) is 373 Å². The summed E-state index contributed by atoms with van der Waals surface area (Å²) in [4.78, 5) is 9.68. The first-order chi connectivity index (χ1) is 72.9. The van der Waals surface area contributed by atoms with Gasteiger partial charge in [-0.25, -0.2) is 0 Å². The second-order valence-electron chi connectivity index (χ2n) is 40.5. The van der Waals surface area contributed by atoms with E-state index < -0.39 is 0 Å². The molecule has 2 heterocycles. The maximum atomic E-state index is 6.14. The van der Waals surface area contributed by atoms with Gasteiger partial charge in [-0.05, 0) is 335 Å². The number of fused-ring (bicyclic) bond motifs is 25. The lowest BCUT2D eigenvalue weighted by Crippen LogP contribution is -2.17. The predicted octanol–water partition coefficient (Wildman–Crippen LogP) is 40.4. The van der Waals surface area contributed by atoms with Crippen LogP contribution in [0.25, 0.3) is 186 Å². The zero-order valence-corrected chi connectivity index (χ0v) is 82.3. The normalized spacial score (nSPS) is 12.7. The molecule has 148 heavy (non-hydrogen) atoms. The first-order valence-corrected chi connectivity index (χ1v) is 51.2. The molecule has 0 bridgehead atoms. The van der Waals surface area contributed by atoms with E-state index in [0.717, 1.165) is 118 Å². The summed E-state index contributed by atoms with van der Waals surface area (Å²) in [7, 11) is 0. The minimum Gasteiger partial charge on any atom is -0.456 e. The maximum Gasteiger partial charge on any atom is 0.135 e. The van der Waals surface area contributed by atoms with E-state index in [1.165, 1.54) is 159 Å². The fourth-order valence-corrected chi connectivity index (χ4v) is 24.1. The molecule has 0 fully saturated rings. The molecule has 6 heteroatoms. The predicted molar refractivity (Wildman–Crippen MR) is 626 cm³/mol. The molecule has 0 amide bonds. The van der Waals surface area contributed by atoms with Crippen molar-refractivity contribution in [2.45, 2.75) is 38.5 Å². The third-order valence-electron chi connectivity index (χ3n) is 31.4. The third-order valence-corrected chi connectivity index (χ3v) is 31.4. The number of hydrogen-bond donors (Lipinski definition) is 0. The Hall–Kier alpha value is -18.9. The van der Waals surface area contributed by atoms with Crippen LogP contribution >= 0.6 is 0 Å². The largest absolute Gasteiger partial charge is 0.456 e. The highest BCUT2D eigenvalue weighted by Crippen LogP contribution is 2.57. The Labute approximate surface area is 859 Å². The Morgan fingerprint density at radius 2 is 0.372 bits per heavy atom. The van der Waals surface area contributed by atoms with Crippen molar-refractivity contribution >= 4 is 188 Å². The SMILES string of the molecule is CC1(C)c2cc(N(c3ccc(-c4ccc(-c5ccc6oc7ccccc7c6c5)cc4)cc3)c3ccc4c5ccccc5c5ccccc5c4c3)ccc2-c2ccc(N(c3ccccc3)c3cccc4ccccc34)cc21.CC1(C)c2cc(N(c3ccccc3)c3ccccc3)ccc2-c2ccc(N(c3ccc(-c4ccc(-c5ccc6oc7ccccc7c6c5)cc4)cc3)c3ccc4c5ccccc5c5ccccc5c4c3)cc21. The van der Waals surface area contributed by atoms with Gasteiger partial charge >= 0.3 is 0 Å². The van der Waals surface area contributed by atoms with Gasteiger partial charge < -0.3 is 28.4 Å². The standard InChI is InChI=1S/C73H50N2O.C69H48N2O/c1-73(2)68-45-55(37-40-63(68)64-41-38-56(46-69(64)73)75(52-17-4-3-5-18-52)70-25-14-16-50-15-6-7-19-57(50)70)74(54-36-39-62-60-22-9-8-20-58(60)59-21-10-11-23-61(59)66(62)44-54)53-34-31-48(32-35-53)47-27-29-49(30-28-47)51-33-42-72-67(43-51)65-24-12-13-26-71(65)76-72;1-69(2)65-43-53(70(49-15-5-3-6-16-49)50-17-7-4-8-18-50)35-38-60(65)61-39-36-54(44-66(61)69)71(52-34-37-59-57-21-10-9-19-55(57)56-20-11-12-22-58(56)63(59)42-52)51-32-29-46(30-33-51)45-25-27-47(28-26-45)48-31-40-68-64(41-48)62-23-13-14-24-67(62)72-68/h3-46H,1-2H3;3-44H,1-2H3. The molecule has 25 aromatic carbocycles. The van der Waals surface area contributed by atoms with Crippen LogP contribution in [0.4, 0.5) is 68.2 Å². The van der Waals surface area contributed by atoms with Crippen LogP contribution in [0.1, 0.15) is 49.9 Å². The zero-order valence-electron chi connectivity index (χ0n) is 82.3. The van der Waals surface area contributed by atoms with Crippen molar-refractivity contribution in [3.8, 4) is 66.8 Å². The average Bonchev–Trinajstić information content (AvgIpc) is 1.51. The van der Waals surface area contributed by atoms with Gasteiger partial charge in [0.25, 0.3) is 0 Å². The van der Waals surface area contributed by atoms with Crippen LogP contribution in [0.2, 0.25) is 0 Å². The lowest BCUT2D eigenvalue weighted by atomic mass is 9.82. The first kappa shape index (κ1) is 87.0.